The van der Waals surface area contributed by atoms with E-state index in [-0.39, 0.29) is 31.4 Å². The highest BCUT2D eigenvalue weighted by molar-refractivity contribution is 5.92. The number of hydrogen-bond donors (Lipinski definition) is 0. The van der Waals surface area contributed by atoms with Gasteiger partial charge in [0, 0.05) is 26.3 Å². The number of halogens is 3. The van der Waals surface area contributed by atoms with Crippen LogP contribution in [0.5, 0.6) is 0 Å². The van der Waals surface area contributed by atoms with Crippen LogP contribution in [0.4, 0.5) is 13.2 Å². The second-order valence-corrected chi connectivity index (χ2v) is 4.66. The van der Waals surface area contributed by atoms with Gasteiger partial charge in [0.25, 0.3) is 5.91 Å². The van der Waals surface area contributed by atoms with E-state index in [1.54, 1.807) is 13.1 Å². The summed E-state index contributed by atoms with van der Waals surface area (Å²) in [6.45, 7) is 0.173. The second kappa shape index (κ2) is 4.57. The third-order valence-electron chi connectivity index (χ3n) is 3.33. The molecule has 1 aliphatic rings. The molecule has 3 rings (SSSR count). The second-order valence-electron chi connectivity index (χ2n) is 4.66. The van der Waals surface area contributed by atoms with Crippen LogP contribution in [0, 0.1) is 0 Å². The number of aryl methyl sites for hydroxylation is 1. The number of hydrogen-bond acceptors (Lipinski definition) is 4. The lowest BCUT2D eigenvalue weighted by molar-refractivity contribution is -0.147. The zero-order valence-electron chi connectivity index (χ0n) is 11.0. The van der Waals surface area contributed by atoms with E-state index in [9.17, 15) is 18.0 Å². The average molecular weight is 300 g/mol. The molecule has 21 heavy (non-hydrogen) atoms. The zero-order valence-corrected chi connectivity index (χ0v) is 11.0. The molecule has 0 radical (unpaired) electrons. The van der Waals surface area contributed by atoms with Crippen molar-refractivity contribution in [3.63, 3.8) is 0 Å². The first-order chi connectivity index (χ1) is 9.88. The first-order valence-electron chi connectivity index (χ1n) is 6.14. The minimum Gasteiger partial charge on any atom is -0.328 e. The van der Waals surface area contributed by atoms with Gasteiger partial charge in [0.2, 0.25) is 5.82 Å². The zero-order chi connectivity index (χ0) is 15.2. The number of alkyl halides is 3. The van der Waals surface area contributed by atoms with E-state index >= 15 is 0 Å². The molecule has 0 saturated heterocycles. The molecule has 7 nitrogen and oxygen atoms in total. The number of rotatable bonds is 1. The summed E-state index contributed by atoms with van der Waals surface area (Å²) >= 11 is 0. The van der Waals surface area contributed by atoms with Crippen LogP contribution in [-0.2, 0) is 26.3 Å². The van der Waals surface area contributed by atoms with Crippen molar-refractivity contribution < 1.29 is 18.0 Å². The molecule has 112 valence electrons. The Bertz CT molecular complexity index is 688. The Morgan fingerprint density at radius 1 is 1.29 bits per heavy atom. The summed E-state index contributed by atoms with van der Waals surface area (Å²) in [7, 11) is 1.63. The highest BCUT2D eigenvalue weighted by Crippen LogP contribution is 2.29. The van der Waals surface area contributed by atoms with E-state index in [1.807, 2.05) is 0 Å². The van der Waals surface area contributed by atoms with Gasteiger partial charge in [-0.05, 0) is 6.07 Å². The molecule has 0 spiro atoms. The number of amides is 1. The molecule has 2 aromatic rings. The van der Waals surface area contributed by atoms with Crippen LogP contribution >= 0.6 is 0 Å². The van der Waals surface area contributed by atoms with Crippen molar-refractivity contribution in [2.45, 2.75) is 19.3 Å². The van der Waals surface area contributed by atoms with Gasteiger partial charge in [-0.1, -0.05) is 0 Å². The molecule has 1 amide bonds. The molecular weight excluding hydrogens is 289 g/mol. The van der Waals surface area contributed by atoms with Crippen molar-refractivity contribution in [2.24, 2.45) is 7.05 Å². The van der Waals surface area contributed by atoms with Crippen molar-refractivity contribution in [1.29, 1.82) is 0 Å². The molecule has 0 N–H and O–H groups in total. The van der Waals surface area contributed by atoms with Gasteiger partial charge >= 0.3 is 6.18 Å². The predicted octanol–water partition coefficient (Wildman–Crippen LogP) is 0.686. The Labute approximate surface area is 117 Å². The van der Waals surface area contributed by atoms with Crippen LogP contribution in [0.3, 0.4) is 0 Å². The molecule has 3 heterocycles. The van der Waals surface area contributed by atoms with Crippen LogP contribution in [-0.4, -0.2) is 41.9 Å². The molecule has 0 atom stereocenters. The summed E-state index contributed by atoms with van der Waals surface area (Å²) in [5, 5.41) is 10.6. The Hall–Kier alpha value is -2.39. The lowest BCUT2D eigenvalue weighted by atomic mass is 10.3. The maximum Gasteiger partial charge on any atom is 0.451 e. The van der Waals surface area contributed by atoms with E-state index in [0.29, 0.717) is 5.69 Å². The molecule has 0 fully saturated rings. The average Bonchev–Trinajstić information content (AvgIpc) is 3.02. The predicted molar refractivity (Wildman–Crippen MR) is 63.0 cm³/mol. The molecule has 0 aliphatic carbocycles. The molecule has 2 aromatic heterocycles. The van der Waals surface area contributed by atoms with E-state index in [0.717, 1.165) is 4.57 Å². The summed E-state index contributed by atoms with van der Waals surface area (Å²) in [5.74, 6) is -1.19. The third kappa shape index (κ3) is 2.26. The topological polar surface area (TPSA) is 68.8 Å². The van der Waals surface area contributed by atoms with Gasteiger partial charge in [-0.15, -0.1) is 10.2 Å². The van der Waals surface area contributed by atoms with E-state index in [1.165, 1.54) is 15.8 Å². The highest BCUT2D eigenvalue weighted by Gasteiger charge is 2.40. The first-order valence-corrected chi connectivity index (χ1v) is 6.14. The van der Waals surface area contributed by atoms with Crippen LogP contribution < -0.4 is 0 Å². The van der Waals surface area contributed by atoms with Gasteiger partial charge in [0.15, 0.2) is 5.82 Å². The van der Waals surface area contributed by atoms with Gasteiger partial charge in [-0.25, -0.2) is 0 Å². The van der Waals surface area contributed by atoms with Crippen molar-refractivity contribution in [3.05, 3.63) is 29.6 Å². The maximum absolute atomic E-state index is 12.7. The normalized spacial score (nSPS) is 15.1. The van der Waals surface area contributed by atoms with Crippen LogP contribution in [0.25, 0.3) is 0 Å². The lowest BCUT2D eigenvalue weighted by Crippen LogP contribution is -2.40. The SMILES string of the molecule is Cn1nccc1C(=O)N1CCn2c(nnc2C(F)(F)F)C1. The van der Waals surface area contributed by atoms with Gasteiger partial charge in [-0.3, -0.25) is 9.48 Å². The molecule has 0 bridgehead atoms. The number of fused-ring (bicyclic) bond motifs is 1. The van der Waals surface area contributed by atoms with Crippen molar-refractivity contribution in [3.8, 4) is 0 Å². The molecule has 0 unspecified atom stereocenters. The summed E-state index contributed by atoms with van der Waals surface area (Å²) in [6, 6.07) is 1.56. The Balaban J connectivity index is 1.84. The lowest BCUT2D eigenvalue weighted by Gasteiger charge is -2.27. The summed E-state index contributed by atoms with van der Waals surface area (Å²) in [6.07, 6.45) is -3.05. The fourth-order valence-corrected chi connectivity index (χ4v) is 2.29. The molecule has 0 saturated carbocycles. The smallest absolute Gasteiger partial charge is 0.328 e. The summed E-state index contributed by atoms with van der Waals surface area (Å²) in [4.78, 5) is 13.7. The van der Waals surface area contributed by atoms with Crippen LogP contribution in [0.2, 0.25) is 0 Å². The largest absolute Gasteiger partial charge is 0.451 e. The summed E-state index contributed by atoms with van der Waals surface area (Å²) in [5.41, 5.74) is 0.374. The maximum atomic E-state index is 12.7. The number of nitrogens with zero attached hydrogens (tertiary/aromatic N) is 6. The van der Waals surface area contributed by atoms with Gasteiger partial charge in [-0.2, -0.15) is 18.3 Å². The number of aromatic nitrogens is 5. The highest BCUT2D eigenvalue weighted by atomic mass is 19.4. The first kappa shape index (κ1) is 13.6. The molecule has 1 aliphatic heterocycles. The standard InChI is InChI=1S/C11H11F3N6O/c1-18-7(2-3-15-18)9(21)19-4-5-20-8(6-19)16-17-10(20)11(12,13)14/h2-3H,4-6H2,1H3. The third-order valence-corrected chi connectivity index (χ3v) is 3.33. The van der Waals surface area contributed by atoms with Crippen LogP contribution in [0.15, 0.2) is 12.3 Å². The van der Waals surface area contributed by atoms with E-state index in [2.05, 4.69) is 15.3 Å². The minimum absolute atomic E-state index is 0.00685. The van der Waals surface area contributed by atoms with Gasteiger partial charge < -0.3 is 9.47 Å². The molecule has 0 aromatic carbocycles. The minimum atomic E-state index is -4.54. The Kier molecular flexibility index (Phi) is 2.96. The Morgan fingerprint density at radius 2 is 2.05 bits per heavy atom. The van der Waals surface area contributed by atoms with Crippen molar-refractivity contribution >= 4 is 5.91 Å². The van der Waals surface area contributed by atoms with E-state index in [4.69, 9.17) is 0 Å². The molecular formula is C11H11F3N6O. The van der Waals surface area contributed by atoms with Crippen LogP contribution in [0.1, 0.15) is 22.1 Å². The Morgan fingerprint density at radius 3 is 2.67 bits per heavy atom. The van der Waals surface area contributed by atoms with Gasteiger partial charge in [0.1, 0.15) is 5.69 Å². The fraction of sp³-hybridized carbons (Fsp3) is 0.455. The fourth-order valence-electron chi connectivity index (χ4n) is 2.29. The number of carbonyl (C=O) groups excluding carboxylic acids is 1. The number of carbonyl (C=O) groups is 1. The van der Waals surface area contributed by atoms with Crippen molar-refractivity contribution in [2.75, 3.05) is 6.54 Å². The quantitative estimate of drug-likeness (QED) is 0.777. The monoisotopic (exact) mass is 300 g/mol. The summed E-state index contributed by atoms with van der Waals surface area (Å²) < 4.78 is 40.6. The molecule has 10 heteroatoms. The van der Waals surface area contributed by atoms with E-state index < -0.39 is 12.0 Å². The van der Waals surface area contributed by atoms with Crippen molar-refractivity contribution in [1.82, 2.24) is 29.4 Å². The van der Waals surface area contributed by atoms with Gasteiger partial charge in [0.05, 0.1) is 6.54 Å².